The summed E-state index contributed by atoms with van der Waals surface area (Å²) in [7, 11) is 0. The zero-order valence-corrected chi connectivity index (χ0v) is 7.30. The second kappa shape index (κ2) is 3.94. The highest BCUT2D eigenvalue weighted by atomic mass is 35.5. The van der Waals surface area contributed by atoms with Gasteiger partial charge in [0, 0.05) is 5.88 Å². The number of alkyl halides is 1. The maximum absolute atomic E-state index is 8.62. The van der Waals surface area contributed by atoms with Gasteiger partial charge in [-0.15, -0.1) is 11.6 Å². The summed E-state index contributed by atoms with van der Waals surface area (Å²) >= 11 is 5.68. The molecule has 0 bridgehead atoms. The molecule has 0 amide bonds. The Hall–Kier alpha value is -1.26. The van der Waals surface area contributed by atoms with Crippen molar-refractivity contribution in [3.05, 3.63) is 42.0 Å². The summed E-state index contributed by atoms with van der Waals surface area (Å²) in [5, 5.41) is 8.62. The lowest BCUT2D eigenvalue weighted by molar-refractivity contribution is 1.37. The van der Waals surface area contributed by atoms with E-state index in [1.54, 1.807) is 0 Å². The maximum atomic E-state index is 8.62. The normalized spacial score (nSPS) is 9.00. The number of benzene rings is 1. The van der Waals surface area contributed by atoms with Crippen LogP contribution in [0.4, 0.5) is 0 Å². The third-order valence-electron chi connectivity index (χ3n) is 1.62. The molecule has 0 atom stereocenters. The van der Waals surface area contributed by atoms with Crippen molar-refractivity contribution >= 4 is 17.2 Å². The van der Waals surface area contributed by atoms with E-state index >= 15 is 0 Å². The molecule has 0 aliphatic heterocycles. The molecule has 0 aromatic heterocycles. The summed E-state index contributed by atoms with van der Waals surface area (Å²) in [6.45, 7) is 3.63. The Morgan fingerprint density at radius 3 is 2.75 bits per heavy atom. The lowest BCUT2D eigenvalue weighted by Gasteiger charge is -2.02. The lowest BCUT2D eigenvalue weighted by atomic mass is 10.0. The molecule has 0 aliphatic rings. The van der Waals surface area contributed by atoms with Crippen LogP contribution in [0.25, 0.3) is 5.57 Å². The van der Waals surface area contributed by atoms with Crippen LogP contribution in [-0.4, -0.2) is 0 Å². The van der Waals surface area contributed by atoms with Crippen LogP contribution in [0.2, 0.25) is 0 Å². The van der Waals surface area contributed by atoms with Gasteiger partial charge < -0.3 is 0 Å². The minimum Gasteiger partial charge on any atom is -0.192 e. The second-order valence-electron chi connectivity index (χ2n) is 2.38. The predicted molar refractivity (Wildman–Crippen MR) is 50.6 cm³/mol. The Balaban J connectivity index is 3.15. The quantitative estimate of drug-likeness (QED) is 0.503. The topological polar surface area (TPSA) is 23.8 Å². The van der Waals surface area contributed by atoms with Gasteiger partial charge in [0.15, 0.2) is 0 Å². The molecule has 0 radical (unpaired) electrons. The minimum absolute atomic E-state index is 0.414. The summed E-state index contributed by atoms with van der Waals surface area (Å²) in [6, 6.07) is 9.51. The van der Waals surface area contributed by atoms with E-state index < -0.39 is 0 Å². The van der Waals surface area contributed by atoms with Gasteiger partial charge in [-0.05, 0) is 11.1 Å². The Morgan fingerprint density at radius 2 is 2.17 bits per heavy atom. The molecular weight excluding hydrogens is 170 g/mol. The zero-order valence-electron chi connectivity index (χ0n) is 6.55. The van der Waals surface area contributed by atoms with E-state index in [4.69, 9.17) is 16.9 Å². The van der Waals surface area contributed by atoms with Gasteiger partial charge in [0.1, 0.15) is 0 Å². The summed E-state index contributed by atoms with van der Waals surface area (Å²) in [4.78, 5) is 0. The van der Waals surface area contributed by atoms with Gasteiger partial charge in [-0.25, -0.2) is 0 Å². The van der Waals surface area contributed by atoms with E-state index in [1.165, 1.54) is 0 Å². The van der Waals surface area contributed by atoms with Gasteiger partial charge >= 0.3 is 0 Å². The Morgan fingerprint density at radius 1 is 1.50 bits per heavy atom. The van der Waals surface area contributed by atoms with Crippen molar-refractivity contribution in [1.82, 2.24) is 0 Å². The number of halogens is 1. The fourth-order valence-corrected chi connectivity index (χ4v) is 1.22. The number of nitrogens with zero attached hydrogens (tertiary/aromatic N) is 1. The van der Waals surface area contributed by atoms with Crippen LogP contribution in [0, 0.1) is 11.3 Å². The van der Waals surface area contributed by atoms with Crippen LogP contribution in [0.3, 0.4) is 0 Å². The van der Waals surface area contributed by atoms with E-state index in [0.29, 0.717) is 11.5 Å². The van der Waals surface area contributed by atoms with E-state index in [2.05, 4.69) is 6.58 Å². The minimum atomic E-state index is 0.414. The predicted octanol–water partition coefficient (Wildman–Crippen LogP) is 2.96. The summed E-state index contributed by atoms with van der Waals surface area (Å²) in [6.07, 6.45) is 0. The molecule has 0 N–H and O–H groups in total. The van der Waals surface area contributed by atoms with Gasteiger partial charge in [0.2, 0.25) is 0 Å². The number of nitriles is 1. The molecular formula is C10H8ClN. The summed E-state index contributed by atoms with van der Waals surface area (Å²) in [5.41, 5.74) is 2.26. The van der Waals surface area contributed by atoms with Crippen molar-refractivity contribution in [2.45, 2.75) is 5.88 Å². The molecule has 1 rings (SSSR count). The van der Waals surface area contributed by atoms with Crippen LogP contribution >= 0.6 is 11.6 Å². The second-order valence-corrected chi connectivity index (χ2v) is 2.65. The van der Waals surface area contributed by atoms with Crippen LogP contribution in [0.5, 0.6) is 0 Å². The van der Waals surface area contributed by atoms with E-state index in [9.17, 15) is 0 Å². The van der Waals surface area contributed by atoms with Gasteiger partial charge in [-0.1, -0.05) is 30.8 Å². The van der Waals surface area contributed by atoms with E-state index in [0.717, 1.165) is 11.1 Å². The molecule has 0 aliphatic carbocycles. The number of hydrogen-bond donors (Lipinski definition) is 0. The SMILES string of the molecule is C=C(C#N)c1ccccc1CCl. The summed E-state index contributed by atoms with van der Waals surface area (Å²) < 4.78 is 0. The Bertz CT molecular complexity index is 336. The monoisotopic (exact) mass is 177 g/mol. The highest BCUT2D eigenvalue weighted by molar-refractivity contribution is 6.17. The average molecular weight is 178 g/mol. The van der Waals surface area contributed by atoms with Crippen molar-refractivity contribution in [1.29, 1.82) is 5.26 Å². The molecule has 2 heteroatoms. The van der Waals surface area contributed by atoms with Gasteiger partial charge in [-0.2, -0.15) is 5.26 Å². The van der Waals surface area contributed by atoms with Crippen LogP contribution in [-0.2, 0) is 5.88 Å². The number of rotatable bonds is 2. The van der Waals surface area contributed by atoms with E-state index in [1.807, 2.05) is 30.3 Å². The molecule has 0 unspecified atom stereocenters. The molecule has 0 fully saturated rings. The molecule has 12 heavy (non-hydrogen) atoms. The highest BCUT2D eigenvalue weighted by Gasteiger charge is 2.02. The van der Waals surface area contributed by atoms with Crippen LogP contribution < -0.4 is 0 Å². The molecule has 1 aromatic rings. The van der Waals surface area contributed by atoms with Crippen LogP contribution in [0.1, 0.15) is 11.1 Å². The van der Waals surface area contributed by atoms with Crippen molar-refractivity contribution in [3.8, 4) is 6.07 Å². The fraction of sp³-hybridized carbons (Fsp3) is 0.100. The number of allylic oxidation sites excluding steroid dienone is 1. The third kappa shape index (κ3) is 1.66. The highest BCUT2D eigenvalue weighted by Crippen LogP contribution is 2.18. The lowest BCUT2D eigenvalue weighted by Crippen LogP contribution is -1.87. The molecule has 1 aromatic carbocycles. The number of hydrogen-bond acceptors (Lipinski definition) is 1. The molecule has 0 saturated carbocycles. The van der Waals surface area contributed by atoms with Crippen molar-refractivity contribution in [2.75, 3.05) is 0 Å². The molecule has 1 nitrogen and oxygen atoms in total. The third-order valence-corrected chi connectivity index (χ3v) is 1.91. The van der Waals surface area contributed by atoms with Crippen LogP contribution in [0.15, 0.2) is 30.8 Å². The van der Waals surface area contributed by atoms with Gasteiger partial charge in [0.25, 0.3) is 0 Å². The molecule has 0 spiro atoms. The van der Waals surface area contributed by atoms with Gasteiger partial charge in [0.05, 0.1) is 11.6 Å². The average Bonchev–Trinajstić information content (AvgIpc) is 2.16. The first kappa shape index (κ1) is 8.83. The first-order chi connectivity index (χ1) is 5.79. The summed E-state index contributed by atoms with van der Waals surface area (Å²) in [5.74, 6) is 0.414. The molecule has 0 heterocycles. The molecule has 0 saturated heterocycles. The van der Waals surface area contributed by atoms with Crippen molar-refractivity contribution in [2.24, 2.45) is 0 Å². The van der Waals surface area contributed by atoms with E-state index in [-0.39, 0.29) is 0 Å². The first-order valence-corrected chi connectivity index (χ1v) is 4.06. The largest absolute Gasteiger partial charge is 0.192 e. The van der Waals surface area contributed by atoms with Crippen molar-refractivity contribution in [3.63, 3.8) is 0 Å². The first-order valence-electron chi connectivity index (χ1n) is 3.53. The maximum Gasteiger partial charge on any atom is 0.0991 e. The Kier molecular flexibility index (Phi) is 2.90. The van der Waals surface area contributed by atoms with Crippen molar-refractivity contribution < 1.29 is 0 Å². The standard InChI is InChI=1S/C10H8ClN/c1-8(7-12)10-5-3-2-4-9(10)6-11/h2-5H,1,6H2. The Labute approximate surface area is 76.9 Å². The molecule has 60 valence electrons. The fourth-order valence-electron chi connectivity index (χ4n) is 0.991. The smallest absolute Gasteiger partial charge is 0.0991 e. The zero-order chi connectivity index (χ0) is 8.97. The van der Waals surface area contributed by atoms with Gasteiger partial charge in [-0.3, -0.25) is 0 Å².